The molecule has 3 saturated carbocycles. The van der Waals surface area contributed by atoms with Crippen molar-refractivity contribution in [3.05, 3.63) is 11.6 Å². The molecule has 4 aliphatic carbocycles. The Morgan fingerprint density at radius 2 is 1.74 bits per heavy atom. The molecule has 0 aromatic heterocycles. The molecule has 0 aromatic rings. The van der Waals surface area contributed by atoms with E-state index >= 15 is 0 Å². The molecule has 154 valence electrons. The summed E-state index contributed by atoms with van der Waals surface area (Å²) in [7, 11) is 0. The molecule has 3 fully saturated rings. The van der Waals surface area contributed by atoms with Crippen LogP contribution in [0.25, 0.3) is 0 Å². The summed E-state index contributed by atoms with van der Waals surface area (Å²) in [6.07, 6.45) is 19.1. The topological polar surface area (TPSA) is 0 Å². The van der Waals surface area contributed by atoms with Crippen molar-refractivity contribution in [3.8, 4) is 0 Å². The van der Waals surface area contributed by atoms with Crippen molar-refractivity contribution in [1.82, 2.24) is 0 Å². The Bertz CT molecular complexity index is 542. The first-order valence-corrected chi connectivity index (χ1v) is 12.6. The van der Waals surface area contributed by atoms with E-state index in [1.165, 1.54) is 44.9 Å². The Kier molecular flexibility index (Phi) is 5.84. The second-order valence-corrected chi connectivity index (χ2v) is 11.9. The maximum Gasteiger partial charge on any atom is -0.00851 e. The van der Waals surface area contributed by atoms with Gasteiger partial charge in [-0.15, -0.1) is 0 Å². The third-order valence-electron chi connectivity index (χ3n) is 9.90. The van der Waals surface area contributed by atoms with E-state index in [4.69, 9.17) is 0 Å². The van der Waals surface area contributed by atoms with Gasteiger partial charge in [-0.1, -0.05) is 65.5 Å². The molecular formula is C27H46. The smallest absolute Gasteiger partial charge is 0.00851 e. The van der Waals surface area contributed by atoms with Gasteiger partial charge in [0.25, 0.3) is 0 Å². The molecule has 0 N–H and O–H groups in total. The number of hydrogen-bond donors (Lipinski definition) is 0. The monoisotopic (exact) mass is 370 g/mol. The van der Waals surface area contributed by atoms with Crippen molar-refractivity contribution in [2.75, 3.05) is 0 Å². The third kappa shape index (κ3) is 3.69. The lowest BCUT2D eigenvalue weighted by Gasteiger charge is -2.55. The second-order valence-electron chi connectivity index (χ2n) is 11.9. The van der Waals surface area contributed by atoms with E-state index < -0.39 is 0 Å². The average Bonchev–Trinajstić information content (AvgIpc) is 3.06. The summed E-state index contributed by atoms with van der Waals surface area (Å²) in [6, 6.07) is 0. The van der Waals surface area contributed by atoms with Gasteiger partial charge in [0.1, 0.15) is 0 Å². The van der Waals surface area contributed by atoms with Gasteiger partial charge in [-0.3, -0.25) is 0 Å². The largest absolute Gasteiger partial charge is 0.0845 e. The van der Waals surface area contributed by atoms with Crippen LogP contribution in [0.4, 0.5) is 0 Å². The minimum atomic E-state index is 0.571. The zero-order valence-electron chi connectivity index (χ0n) is 19.0. The lowest BCUT2D eigenvalue weighted by Crippen LogP contribution is -2.47. The summed E-state index contributed by atoms with van der Waals surface area (Å²) >= 11 is 0. The van der Waals surface area contributed by atoms with Crippen LogP contribution < -0.4 is 0 Å². The standard InChI is InChI=1S/C27H46/c1-18(2)7-6-8-20(4)22-11-12-24-23(22)13-14-26-25(24)10-9-21-17-19(3)15-16-27(21,26)5/h9,18-20,22-26H,6-8,10-17H2,1-5H3. The predicted octanol–water partition coefficient (Wildman–Crippen LogP) is 8.27. The number of rotatable bonds is 5. The first kappa shape index (κ1) is 20.0. The van der Waals surface area contributed by atoms with Gasteiger partial charge in [0.05, 0.1) is 0 Å². The quantitative estimate of drug-likeness (QED) is 0.427. The van der Waals surface area contributed by atoms with Crippen molar-refractivity contribution < 1.29 is 0 Å². The van der Waals surface area contributed by atoms with Gasteiger partial charge in [-0.25, -0.2) is 0 Å². The van der Waals surface area contributed by atoms with Crippen LogP contribution in [-0.2, 0) is 0 Å². The molecule has 0 heteroatoms. The van der Waals surface area contributed by atoms with Crippen molar-refractivity contribution in [1.29, 1.82) is 0 Å². The highest BCUT2D eigenvalue weighted by molar-refractivity contribution is 5.24. The third-order valence-corrected chi connectivity index (χ3v) is 9.90. The first-order chi connectivity index (χ1) is 12.9. The summed E-state index contributed by atoms with van der Waals surface area (Å²) in [4.78, 5) is 0. The lowest BCUT2D eigenvalue weighted by atomic mass is 9.49. The zero-order valence-corrected chi connectivity index (χ0v) is 19.0. The normalized spacial score (nSPS) is 45.0. The number of allylic oxidation sites excluding steroid dienone is 2. The van der Waals surface area contributed by atoms with Crippen LogP contribution >= 0.6 is 0 Å². The Hall–Kier alpha value is -0.260. The number of hydrogen-bond acceptors (Lipinski definition) is 0. The second kappa shape index (κ2) is 7.87. The molecule has 4 aliphatic rings. The van der Waals surface area contributed by atoms with Crippen LogP contribution in [0.1, 0.15) is 105 Å². The molecular weight excluding hydrogens is 324 g/mol. The molecule has 0 spiro atoms. The molecule has 0 saturated heterocycles. The lowest BCUT2D eigenvalue weighted by molar-refractivity contribution is -0.00381. The van der Waals surface area contributed by atoms with E-state index in [9.17, 15) is 0 Å². The van der Waals surface area contributed by atoms with E-state index in [1.807, 2.05) is 5.57 Å². The van der Waals surface area contributed by atoms with Crippen LogP contribution in [0.3, 0.4) is 0 Å². The van der Waals surface area contributed by atoms with Crippen LogP contribution in [0, 0.1) is 52.8 Å². The molecule has 4 rings (SSSR count). The summed E-state index contributed by atoms with van der Waals surface area (Å²) in [5.41, 5.74) is 2.44. The zero-order chi connectivity index (χ0) is 19.2. The van der Waals surface area contributed by atoms with Gasteiger partial charge in [0.2, 0.25) is 0 Å². The SMILES string of the molecule is CC(C)CCCC(C)C1CCC2C1CCC1C2CC=C2CC(C)CCC21C. The van der Waals surface area contributed by atoms with Crippen LogP contribution in [0.5, 0.6) is 0 Å². The van der Waals surface area contributed by atoms with E-state index in [2.05, 4.69) is 40.7 Å². The summed E-state index contributed by atoms with van der Waals surface area (Å²) in [5, 5.41) is 0. The summed E-state index contributed by atoms with van der Waals surface area (Å²) in [5.74, 6) is 8.01. The van der Waals surface area contributed by atoms with Crippen molar-refractivity contribution >= 4 is 0 Å². The van der Waals surface area contributed by atoms with Crippen molar-refractivity contribution in [2.24, 2.45) is 52.8 Å². The molecule has 0 radical (unpaired) electrons. The highest BCUT2D eigenvalue weighted by Crippen LogP contribution is 2.63. The van der Waals surface area contributed by atoms with Crippen molar-refractivity contribution in [3.63, 3.8) is 0 Å². The highest BCUT2D eigenvalue weighted by atomic mass is 14.6. The number of fused-ring (bicyclic) bond motifs is 5. The van der Waals surface area contributed by atoms with E-state index in [0.29, 0.717) is 5.41 Å². The molecule has 0 aromatic carbocycles. The van der Waals surface area contributed by atoms with Gasteiger partial charge < -0.3 is 0 Å². The maximum atomic E-state index is 2.75. The Balaban J connectivity index is 1.43. The maximum absolute atomic E-state index is 2.75. The van der Waals surface area contributed by atoms with E-state index in [-0.39, 0.29) is 0 Å². The minimum Gasteiger partial charge on any atom is -0.0845 e. The molecule has 0 bridgehead atoms. The molecule has 0 aliphatic heterocycles. The fraction of sp³-hybridized carbons (Fsp3) is 0.926. The Labute approximate surface area is 170 Å². The van der Waals surface area contributed by atoms with Crippen molar-refractivity contribution in [2.45, 2.75) is 105 Å². The van der Waals surface area contributed by atoms with Gasteiger partial charge in [-0.2, -0.15) is 0 Å². The van der Waals surface area contributed by atoms with Gasteiger partial charge in [0.15, 0.2) is 0 Å². The summed E-state index contributed by atoms with van der Waals surface area (Å²) in [6.45, 7) is 12.5. The van der Waals surface area contributed by atoms with Crippen LogP contribution in [0.15, 0.2) is 11.6 Å². The molecule has 27 heavy (non-hydrogen) atoms. The van der Waals surface area contributed by atoms with Gasteiger partial charge >= 0.3 is 0 Å². The molecule has 8 unspecified atom stereocenters. The fourth-order valence-electron chi connectivity index (χ4n) is 8.31. The van der Waals surface area contributed by atoms with Crippen LogP contribution in [0.2, 0.25) is 0 Å². The molecule has 0 nitrogen and oxygen atoms in total. The first-order valence-electron chi connectivity index (χ1n) is 12.6. The van der Waals surface area contributed by atoms with E-state index in [1.54, 1.807) is 25.7 Å². The highest BCUT2D eigenvalue weighted by Gasteiger charge is 2.54. The minimum absolute atomic E-state index is 0.571. The van der Waals surface area contributed by atoms with E-state index in [0.717, 1.165) is 47.3 Å². The Morgan fingerprint density at radius 3 is 2.52 bits per heavy atom. The Morgan fingerprint density at radius 1 is 0.963 bits per heavy atom. The predicted molar refractivity (Wildman–Crippen MR) is 118 cm³/mol. The average molecular weight is 371 g/mol. The van der Waals surface area contributed by atoms with Gasteiger partial charge in [0, 0.05) is 0 Å². The van der Waals surface area contributed by atoms with Crippen LogP contribution in [-0.4, -0.2) is 0 Å². The molecule has 0 amide bonds. The molecule has 8 atom stereocenters. The van der Waals surface area contributed by atoms with Gasteiger partial charge in [-0.05, 0) is 104 Å². The summed E-state index contributed by atoms with van der Waals surface area (Å²) < 4.78 is 0. The fourth-order valence-corrected chi connectivity index (χ4v) is 8.31. The molecule has 0 heterocycles.